The summed E-state index contributed by atoms with van der Waals surface area (Å²) >= 11 is 1.32. The van der Waals surface area contributed by atoms with Gasteiger partial charge >= 0.3 is 11.9 Å². The Hall–Kier alpha value is -1.62. The van der Waals surface area contributed by atoms with E-state index in [4.69, 9.17) is 10.2 Å². The van der Waals surface area contributed by atoms with E-state index >= 15 is 0 Å². The van der Waals surface area contributed by atoms with E-state index in [2.05, 4.69) is 0 Å². The van der Waals surface area contributed by atoms with Gasteiger partial charge < -0.3 is 10.2 Å². The lowest BCUT2D eigenvalue weighted by atomic mass is 10.1. The van der Waals surface area contributed by atoms with E-state index < -0.39 is 11.9 Å². The molecule has 0 saturated carbocycles. The standard InChI is InChI=1S/C8H6O4S/c9-7(10)3-6(8(11)12)5-1-2-13-4-5/h1-4H,(H,9,10)(H,11,12)/b6-3+. The summed E-state index contributed by atoms with van der Waals surface area (Å²) in [7, 11) is 0. The number of hydrogen-bond acceptors (Lipinski definition) is 3. The number of carbonyl (C=O) groups is 2. The van der Waals surface area contributed by atoms with Crippen LogP contribution in [-0.2, 0) is 9.59 Å². The van der Waals surface area contributed by atoms with Gasteiger partial charge in [0.1, 0.15) is 0 Å². The molecule has 2 N–H and O–H groups in total. The number of carboxylic acid groups (broad SMARTS) is 2. The van der Waals surface area contributed by atoms with E-state index in [9.17, 15) is 9.59 Å². The maximum Gasteiger partial charge on any atom is 0.336 e. The molecule has 0 aliphatic rings. The Labute approximate surface area is 77.8 Å². The molecule has 0 aliphatic carbocycles. The maximum atomic E-state index is 10.6. The molecular formula is C8H6O4S. The van der Waals surface area contributed by atoms with Gasteiger partial charge in [-0.1, -0.05) is 0 Å². The lowest BCUT2D eigenvalue weighted by Crippen LogP contribution is -2.01. The smallest absolute Gasteiger partial charge is 0.336 e. The highest BCUT2D eigenvalue weighted by Gasteiger charge is 2.11. The van der Waals surface area contributed by atoms with Crippen LogP contribution in [0, 0.1) is 0 Å². The fourth-order valence-electron chi connectivity index (χ4n) is 0.810. The number of hydrogen-bond donors (Lipinski definition) is 2. The average Bonchev–Trinajstić information content (AvgIpc) is 2.50. The zero-order valence-corrected chi connectivity index (χ0v) is 7.25. The Balaban J connectivity index is 3.08. The number of aliphatic carboxylic acids is 2. The monoisotopic (exact) mass is 198 g/mol. The van der Waals surface area contributed by atoms with Crippen molar-refractivity contribution in [1.29, 1.82) is 0 Å². The van der Waals surface area contributed by atoms with Crippen molar-refractivity contribution < 1.29 is 19.8 Å². The van der Waals surface area contributed by atoms with Crippen LogP contribution in [0.15, 0.2) is 22.9 Å². The maximum absolute atomic E-state index is 10.6. The second-order valence-corrected chi connectivity index (χ2v) is 2.99. The molecule has 0 amide bonds. The highest BCUT2D eigenvalue weighted by molar-refractivity contribution is 7.08. The minimum Gasteiger partial charge on any atom is -0.478 e. The van der Waals surface area contributed by atoms with Crippen LogP contribution in [0.5, 0.6) is 0 Å². The lowest BCUT2D eigenvalue weighted by Gasteiger charge is -1.95. The van der Waals surface area contributed by atoms with Crippen molar-refractivity contribution in [3.63, 3.8) is 0 Å². The Morgan fingerprint density at radius 2 is 2.08 bits per heavy atom. The highest BCUT2D eigenvalue weighted by atomic mass is 32.1. The first-order chi connectivity index (χ1) is 6.11. The molecule has 0 saturated heterocycles. The summed E-state index contributed by atoms with van der Waals surface area (Å²) in [4.78, 5) is 20.9. The van der Waals surface area contributed by atoms with Crippen LogP contribution >= 0.6 is 11.3 Å². The Morgan fingerprint density at radius 3 is 2.46 bits per heavy atom. The van der Waals surface area contributed by atoms with Gasteiger partial charge in [-0.15, -0.1) is 0 Å². The third-order valence-corrected chi connectivity index (χ3v) is 2.01. The van der Waals surface area contributed by atoms with Gasteiger partial charge in [-0.2, -0.15) is 11.3 Å². The first-order valence-electron chi connectivity index (χ1n) is 3.31. The topological polar surface area (TPSA) is 74.6 Å². The second kappa shape index (κ2) is 3.86. The van der Waals surface area contributed by atoms with Crippen LogP contribution in [0.25, 0.3) is 5.57 Å². The minimum absolute atomic E-state index is 0.200. The molecule has 13 heavy (non-hydrogen) atoms. The molecule has 0 fully saturated rings. The summed E-state index contributed by atoms with van der Waals surface area (Å²) < 4.78 is 0. The molecule has 1 aromatic rings. The normalized spacial score (nSPS) is 11.2. The van der Waals surface area contributed by atoms with Gasteiger partial charge in [-0.3, -0.25) is 0 Å². The van der Waals surface area contributed by atoms with Gasteiger partial charge in [-0.25, -0.2) is 9.59 Å². The van der Waals surface area contributed by atoms with Gasteiger partial charge in [0.25, 0.3) is 0 Å². The number of rotatable bonds is 3. The van der Waals surface area contributed by atoms with E-state index in [1.165, 1.54) is 11.3 Å². The van der Waals surface area contributed by atoms with Crippen molar-refractivity contribution in [2.24, 2.45) is 0 Å². The van der Waals surface area contributed by atoms with Crippen molar-refractivity contribution in [3.05, 3.63) is 28.5 Å². The van der Waals surface area contributed by atoms with Gasteiger partial charge in [0, 0.05) is 6.08 Å². The van der Waals surface area contributed by atoms with Crippen LogP contribution in [0.2, 0.25) is 0 Å². The lowest BCUT2D eigenvalue weighted by molar-refractivity contribution is -0.133. The first-order valence-corrected chi connectivity index (χ1v) is 4.26. The largest absolute Gasteiger partial charge is 0.478 e. The van der Waals surface area contributed by atoms with Gasteiger partial charge in [0.2, 0.25) is 0 Å². The van der Waals surface area contributed by atoms with E-state index in [-0.39, 0.29) is 5.57 Å². The van der Waals surface area contributed by atoms with Gasteiger partial charge in [-0.05, 0) is 22.4 Å². The zero-order chi connectivity index (χ0) is 9.84. The van der Waals surface area contributed by atoms with Crippen molar-refractivity contribution in [2.75, 3.05) is 0 Å². The van der Waals surface area contributed by atoms with Crippen molar-refractivity contribution in [2.45, 2.75) is 0 Å². The molecule has 0 spiro atoms. The summed E-state index contributed by atoms with van der Waals surface area (Å²) in [5.74, 6) is -2.50. The van der Waals surface area contributed by atoms with Gasteiger partial charge in [0.05, 0.1) is 5.57 Å². The predicted octanol–water partition coefficient (Wildman–Crippen LogP) is 1.30. The predicted molar refractivity (Wildman–Crippen MR) is 47.6 cm³/mol. The third kappa shape index (κ3) is 2.41. The van der Waals surface area contributed by atoms with Crippen molar-refractivity contribution >= 4 is 28.8 Å². The molecule has 1 aromatic heterocycles. The Kier molecular flexibility index (Phi) is 2.81. The van der Waals surface area contributed by atoms with Crippen molar-refractivity contribution in [1.82, 2.24) is 0 Å². The summed E-state index contributed by atoms with van der Waals surface area (Å²) in [6.45, 7) is 0. The van der Waals surface area contributed by atoms with E-state index in [0.717, 1.165) is 0 Å². The van der Waals surface area contributed by atoms with Gasteiger partial charge in [0.15, 0.2) is 0 Å². The molecule has 0 bridgehead atoms. The first kappa shape index (κ1) is 9.47. The van der Waals surface area contributed by atoms with E-state index in [1.807, 2.05) is 0 Å². The molecule has 0 radical (unpaired) electrons. The molecule has 1 rings (SSSR count). The third-order valence-electron chi connectivity index (χ3n) is 1.33. The van der Waals surface area contributed by atoms with E-state index in [0.29, 0.717) is 11.6 Å². The van der Waals surface area contributed by atoms with Crippen LogP contribution in [-0.4, -0.2) is 22.2 Å². The quantitative estimate of drug-likeness (QED) is 0.718. The summed E-state index contributed by atoms with van der Waals surface area (Å²) in [5, 5.41) is 20.3. The van der Waals surface area contributed by atoms with Crippen molar-refractivity contribution in [3.8, 4) is 0 Å². The molecule has 5 heteroatoms. The SMILES string of the molecule is O=C(O)/C=C(/C(=O)O)c1ccsc1. The average molecular weight is 198 g/mol. The molecule has 0 unspecified atom stereocenters. The highest BCUT2D eigenvalue weighted by Crippen LogP contribution is 2.17. The van der Waals surface area contributed by atoms with E-state index in [1.54, 1.807) is 16.8 Å². The zero-order valence-electron chi connectivity index (χ0n) is 6.43. The summed E-state index contributed by atoms with van der Waals surface area (Å²) in [6.07, 6.45) is 0.685. The molecule has 0 aromatic carbocycles. The fraction of sp³-hybridized carbons (Fsp3) is 0. The second-order valence-electron chi connectivity index (χ2n) is 2.21. The number of thiophene rings is 1. The molecule has 1 heterocycles. The Morgan fingerprint density at radius 1 is 1.38 bits per heavy atom. The summed E-state index contributed by atoms with van der Waals surface area (Å²) in [6, 6.07) is 1.56. The molecule has 0 aliphatic heterocycles. The van der Waals surface area contributed by atoms with Crippen LogP contribution < -0.4 is 0 Å². The van der Waals surface area contributed by atoms with Crippen LogP contribution in [0.3, 0.4) is 0 Å². The fourth-order valence-corrected chi connectivity index (χ4v) is 1.47. The minimum atomic E-state index is -1.26. The number of carboxylic acids is 2. The molecule has 4 nitrogen and oxygen atoms in total. The van der Waals surface area contributed by atoms with Crippen LogP contribution in [0.4, 0.5) is 0 Å². The molecule has 68 valence electrons. The molecular weight excluding hydrogens is 192 g/mol. The van der Waals surface area contributed by atoms with Crippen LogP contribution in [0.1, 0.15) is 5.56 Å². The summed E-state index contributed by atoms with van der Waals surface area (Å²) in [5.41, 5.74) is 0.216. The molecule has 0 atom stereocenters. The Bertz CT molecular complexity index is 350.